The number of hydrogen-bond donors (Lipinski definition) is 0. The molecule has 0 radical (unpaired) electrons. The Bertz CT molecular complexity index is 319. The summed E-state index contributed by atoms with van der Waals surface area (Å²) in [6, 6.07) is 0. The van der Waals surface area contributed by atoms with Crippen LogP contribution in [0.4, 0.5) is 0 Å². The molecule has 0 aromatic heterocycles. The highest BCUT2D eigenvalue weighted by Gasteiger charge is 2.37. The lowest BCUT2D eigenvalue weighted by Gasteiger charge is -2.19. The van der Waals surface area contributed by atoms with E-state index in [-0.39, 0.29) is 5.25 Å². The van der Waals surface area contributed by atoms with Crippen molar-refractivity contribution in [1.29, 1.82) is 0 Å². The van der Waals surface area contributed by atoms with Crippen LogP contribution in [0.2, 0.25) is 0 Å². The highest BCUT2D eigenvalue weighted by Crippen LogP contribution is 2.29. The van der Waals surface area contributed by atoms with E-state index in [0.29, 0.717) is 12.8 Å². The molecule has 0 bridgehead atoms. The molecule has 0 unspecified atom stereocenters. The maximum absolute atomic E-state index is 11.4. The molecule has 5 heteroatoms. The van der Waals surface area contributed by atoms with Gasteiger partial charge >= 0.3 is 5.97 Å². The van der Waals surface area contributed by atoms with Gasteiger partial charge in [0.2, 0.25) is 0 Å². The van der Waals surface area contributed by atoms with E-state index in [0.717, 1.165) is 0 Å². The van der Waals surface area contributed by atoms with Gasteiger partial charge in [0, 0.05) is 0 Å². The fourth-order valence-corrected chi connectivity index (χ4v) is 2.56. The average molecular weight is 220 g/mol. The van der Waals surface area contributed by atoms with Crippen LogP contribution in [0.5, 0.6) is 0 Å². The van der Waals surface area contributed by atoms with Crippen LogP contribution < -0.4 is 0 Å². The molecule has 0 aliphatic heterocycles. The predicted octanol–water partition coefficient (Wildman–Crippen LogP) is 0.905. The maximum Gasteiger partial charge on any atom is 0.321 e. The van der Waals surface area contributed by atoms with Crippen molar-refractivity contribution >= 4 is 15.8 Å². The van der Waals surface area contributed by atoms with Gasteiger partial charge in [-0.05, 0) is 33.6 Å². The van der Waals surface area contributed by atoms with Gasteiger partial charge in [0.05, 0.1) is 5.25 Å². The van der Waals surface area contributed by atoms with Crippen molar-refractivity contribution in [2.24, 2.45) is 0 Å². The Labute approximate surface area is 84.6 Å². The second-order valence-electron chi connectivity index (χ2n) is 4.59. The van der Waals surface area contributed by atoms with Gasteiger partial charge in [-0.2, -0.15) is 0 Å². The van der Waals surface area contributed by atoms with Crippen LogP contribution in [-0.4, -0.2) is 31.0 Å². The van der Waals surface area contributed by atoms with Crippen molar-refractivity contribution in [1.82, 2.24) is 0 Å². The Balaban J connectivity index is 2.48. The molecule has 82 valence electrons. The number of sulfone groups is 1. The second-order valence-corrected chi connectivity index (χ2v) is 6.87. The molecule has 4 nitrogen and oxygen atoms in total. The molecular weight excluding hydrogens is 204 g/mol. The van der Waals surface area contributed by atoms with Crippen LogP contribution in [0, 0.1) is 0 Å². The van der Waals surface area contributed by atoms with Crippen molar-refractivity contribution in [3.63, 3.8) is 0 Å². The average Bonchev–Trinajstić information content (AvgIpc) is 2.57. The zero-order valence-electron chi connectivity index (χ0n) is 8.74. The Hall–Kier alpha value is -0.580. The van der Waals surface area contributed by atoms with Crippen LogP contribution in [0.1, 0.15) is 33.6 Å². The van der Waals surface area contributed by atoms with E-state index in [1.54, 1.807) is 20.8 Å². The van der Waals surface area contributed by atoms with Gasteiger partial charge in [0.1, 0.15) is 11.4 Å². The summed E-state index contributed by atoms with van der Waals surface area (Å²) in [4.78, 5) is 11.2. The summed E-state index contributed by atoms with van der Waals surface area (Å²) >= 11 is 0. The summed E-state index contributed by atoms with van der Waals surface area (Å²) in [6.45, 7) is 5.15. The molecule has 1 fully saturated rings. The Morgan fingerprint density at radius 1 is 1.36 bits per heavy atom. The van der Waals surface area contributed by atoms with Crippen molar-refractivity contribution in [2.75, 3.05) is 5.75 Å². The highest BCUT2D eigenvalue weighted by molar-refractivity contribution is 7.92. The van der Waals surface area contributed by atoms with Crippen LogP contribution >= 0.6 is 0 Å². The summed E-state index contributed by atoms with van der Waals surface area (Å²) in [6.07, 6.45) is 1.37. The van der Waals surface area contributed by atoms with Gasteiger partial charge in [-0.15, -0.1) is 0 Å². The molecule has 1 aliphatic carbocycles. The third-order valence-electron chi connectivity index (χ3n) is 1.77. The molecular formula is C9H16O4S. The van der Waals surface area contributed by atoms with E-state index in [4.69, 9.17) is 4.74 Å². The van der Waals surface area contributed by atoms with Crippen LogP contribution in [0.25, 0.3) is 0 Å². The highest BCUT2D eigenvalue weighted by atomic mass is 32.2. The topological polar surface area (TPSA) is 60.4 Å². The van der Waals surface area contributed by atoms with Crippen LogP contribution in [-0.2, 0) is 19.4 Å². The third-order valence-corrected chi connectivity index (χ3v) is 3.90. The number of carbonyl (C=O) groups excluding carboxylic acids is 1. The van der Waals surface area contributed by atoms with Gasteiger partial charge < -0.3 is 4.74 Å². The van der Waals surface area contributed by atoms with E-state index in [9.17, 15) is 13.2 Å². The lowest BCUT2D eigenvalue weighted by Crippen LogP contribution is -2.29. The minimum atomic E-state index is -3.23. The smallest absolute Gasteiger partial charge is 0.321 e. The molecule has 0 atom stereocenters. The summed E-state index contributed by atoms with van der Waals surface area (Å²) in [5, 5.41) is -0.296. The number of ether oxygens (including phenoxy) is 1. The summed E-state index contributed by atoms with van der Waals surface area (Å²) in [5.41, 5.74) is -0.615. The summed E-state index contributed by atoms with van der Waals surface area (Å²) < 4.78 is 27.7. The van der Waals surface area contributed by atoms with Crippen molar-refractivity contribution < 1.29 is 17.9 Å². The van der Waals surface area contributed by atoms with Crippen LogP contribution in [0.15, 0.2) is 0 Å². The first-order chi connectivity index (χ1) is 6.21. The fraction of sp³-hybridized carbons (Fsp3) is 0.889. The zero-order valence-corrected chi connectivity index (χ0v) is 9.56. The van der Waals surface area contributed by atoms with E-state index in [1.165, 1.54) is 0 Å². The summed E-state index contributed by atoms with van der Waals surface area (Å²) in [5.74, 6) is -1.13. The molecule has 0 saturated heterocycles. The van der Waals surface area contributed by atoms with Gasteiger partial charge in [0.15, 0.2) is 9.84 Å². The number of rotatable bonds is 3. The minimum absolute atomic E-state index is 0.296. The Morgan fingerprint density at radius 3 is 2.21 bits per heavy atom. The largest absolute Gasteiger partial charge is 0.459 e. The monoisotopic (exact) mass is 220 g/mol. The Morgan fingerprint density at radius 2 is 1.86 bits per heavy atom. The van der Waals surface area contributed by atoms with Crippen molar-refractivity contribution in [3.8, 4) is 0 Å². The van der Waals surface area contributed by atoms with Gasteiger partial charge in [-0.3, -0.25) is 4.79 Å². The quantitative estimate of drug-likeness (QED) is 0.663. The molecule has 0 aromatic carbocycles. The first-order valence-electron chi connectivity index (χ1n) is 4.64. The maximum atomic E-state index is 11.4. The molecule has 0 N–H and O–H groups in total. The Kier molecular flexibility index (Phi) is 2.90. The van der Waals surface area contributed by atoms with Gasteiger partial charge in [-0.25, -0.2) is 8.42 Å². The zero-order chi connectivity index (χ0) is 11.0. The third kappa shape index (κ3) is 3.65. The predicted molar refractivity (Wildman–Crippen MR) is 52.7 cm³/mol. The molecule has 0 amide bonds. The molecule has 0 spiro atoms. The first-order valence-corrected chi connectivity index (χ1v) is 6.36. The lowest BCUT2D eigenvalue weighted by molar-refractivity contribution is -0.151. The molecule has 1 saturated carbocycles. The van der Waals surface area contributed by atoms with Crippen molar-refractivity contribution in [2.45, 2.75) is 44.5 Å². The molecule has 1 rings (SSSR count). The summed E-state index contributed by atoms with van der Waals surface area (Å²) in [7, 11) is -3.23. The fourth-order valence-electron chi connectivity index (χ4n) is 1.08. The van der Waals surface area contributed by atoms with Gasteiger partial charge in [-0.1, -0.05) is 0 Å². The van der Waals surface area contributed by atoms with Crippen LogP contribution in [0.3, 0.4) is 0 Å². The van der Waals surface area contributed by atoms with E-state index in [2.05, 4.69) is 0 Å². The van der Waals surface area contributed by atoms with Gasteiger partial charge in [0.25, 0.3) is 0 Å². The molecule has 1 aliphatic rings. The number of carbonyl (C=O) groups is 1. The van der Waals surface area contributed by atoms with E-state index >= 15 is 0 Å². The number of hydrogen-bond acceptors (Lipinski definition) is 4. The first kappa shape index (κ1) is 11.5. The van der Waals surface area contributed by atoms with E-state index < -0.39 is 27.2 Å². The minimum Gasteiger partial charge on any atom is -0.459 e. The SMILES string of the molecule is CC(C)(C)OC(=O)CS(=O)(=O)C1CC1. The molecule has 0 aromatic rings. The lowest BCUT2D eigenvalue weighted by atomic mass is 10.2. The second kappa shape index (κ2) is 3.53. The van der Waals surface area contributed by atoms with Crippen molar-refractivity contribution in [3.05, 3.63) is 0 Å². The molecule has 14 heavy (non-hydrogen) atoms. The standard InChI is InChI=1S/C9H16O4S/c1-9(2,3)13-8(10)6-14(11,12)7-4-5-7/h7H,4-6H2,1-3H3. The van der Waals surface area contributed by atoms with E-state index in [1.807, 2.05) is 0 Å². The normalized spacial score (nSPS) is 17.9. The molecule has 0 heterocycles. The number of esters is 1.